The van der Waals surface area contributed by atoms with Crippen LogP contribution in [0.15, 0.2) is 22.7 Å². The molecule has 0 aliphatic carbocycles. The molecule has 0 spiro atoms. The molecule has 0 heterocycles. The first-order valence-corrected chi connectivity index (χ1v) is 5.78. The van der Waals surface area contributed by atoms with Gasteiger partial charge in [0.05, 0.1) is 5.69 Å². The summed E-state index contributed by atoms with van der Waals surface area (Å²) in [4.78, 5) is 0. The van der Waals surface area contributed by atoms with Crippen LogP contribution in [0.1, 0.15) is 5.56 Å². The molecule has 1 aromatic rings. The van der Waals surface area contributed by atoms with E-state index in [1.807, 2.05) is 13.0 Å². The van der Waals surface area contributed by atoms with Crippen molar-refractivity contribution in [3.63, 3.8) is 0 Å². The number of nitrogens with two attached hydrogens (primary N) is 1. The smallest absolute Gasteiger partial charge is 0.271 e. The average Bonchev–Trinajstić information content (AvgIpc) is 1.78. The molecule has 6 heteroatoms. The van der Waals surface area contributed by atoms with Crippen LogP contribution >= 0.6 is 15.9 Å². The Bertz CT molecular complexity index is 396. The van der Waals surface area contributed by atoms with E-state index >= 15 is 0 Å². The molecule has 0 aliphatic heterocycles. The van der Waals surface area contributed by atoms with Crippen molar-refractivity contribution in [2.24, 2.45) is 5.14 Å². The van der Waals surface area contributed by atoms with Gasteiger partial charge in [0.25, 0.3) is 10.2 Å². The van der Waals surface area contributed by atoms with Crippen molar-refractivity contribution in [3.8, 4) is 0 Å². The fourth-order valence-electron chi connectivity index (χ4n) is 0.960. The third-order valence-electron chi connectivity index (χ3n) is 1.30. The molecular weight excluding hydrogens is 256 g/mol. The fourth-order valence-corrected chi connectivity index (χ4v) is 2.01. The molecule has 72 valence electrons. The van der Waals surface area contributed by atoms with E-state index in [1.165, 1.54) is 0 Å². The maximum Gasteiger partial charge on any atom is 0.296 e. The van der Waals surface area contributed by atoms with E-state index in [1.54, 1.807) is 12.1 Å². The SMILES string of the molecule is Cc1cc(Br)cc(NS(N)(=O)=O)c1. The predicted molar refractivity (Wildman–Crippen MR) is 55.6 cm³/mol. The van der Waals surface area contributed by atoms with Crippen LogP contribution < -0.4 is 9.86 Å². The summed E-state index contributed by atoms with van der Waals surface area (Å²) in [5.74, 6) is 0. The summed E-state index contributed by atoms with van der Waals surface area (Å²) in [6, 6.07) is 5.20. The average molecular weight is 265 g/mol. The Kier molecular flexibility index (Phi) is 2.94. The maximum absolute atomic E-state index is 10.7. The van der Waals surface area contributed by atoms with Crippen molar-refractivity contribution in [1.82, 2.24) is 0 Å². The van der Waals surface area contributed by atoms with Crippen molar-refractivity contribution in [2.45, 2.75) is 6.92 Å². The molecular formula is C7H9BrN2O2S. The van der Waals surface area contributed by atoms with Gasteiger partial charge in [-0.25, -0.2) is 5.14 Å². The third kappa shape index (κ3) is 3.75. The van der Waals surface area contributed by atoms with Gasteiger partial charge >= 0.3 is 0 Å². The number of hydrogen-bond donors (Lipinski definition) is 2. The zero-order valence-corrected chi connectivity index (χ0v) is 9.31. The zero-order valence-electron chi connectivity index (χ0n) is 6.91. The molecule has 0 unspecified atom stereocenters. The standard InChI is InChI=1S/C7H9BrN2O2S/c1-5-2-6(8)4-7(3-5)10-13(9,11)12/h2-4,10H,1H3,(H2,9,11,12). The maximum atomic E-state index is 10.7. The van der Waals surface area contributed by atoms with Crippen molar-refractivity contribution < 1.29 is 8.42 Å². The van der Waals surface area contributed by atoms with Crippen LogP contribution in [0.2, 0.25) is 0 Å². The molecule has 0 saturated carbocycles. The molecule has 0 amide bonds. The largest absolute Gasteiger partial charge is 0.296 e. The lowest BCUT2D eigenvalue weighted by atomic mass is 10.2. The highest BCUT2D eigenvalue weighted by Crippen LogP contribution is 2.19. The van der Waals surface area contributed by atoms with Gasteiger partial charge in [0.1, 0.15) is 0 Å². The van der Waals surface area contributed by atoms with E-state index in [9.17, 15) is 8.42 Å². The quantitative estimate of drug-likeness (QED) is 0.847. The fraction of sp³-hybridized carbons (Fsp3) is 0.143. The number of benzene rings is 1. The predicted octanol–water partition coefficient (Wildman–Crippen LogP) is 1.37. The normalized spacial score (nSPS) is 11.3. The van der Waals surface area contributed by atoms with Crippen molar-refractivity contribution >= 4 is 31.8 Å². The van der Waals surface area contributed by atoms with Crippen LogP contribution in [0.25, 0.3) is 0 Å². The first kappa shape index (κ1) is 10.5. The van der Waals surface area contributed by atoms with Gasteiger partial charge in [0.2, 0.25) is 0 Å². The minimum Gasteiger partial charge on any atom is -0.271 e. The molecule has 0 radical (unpaired) electrons. The van der Waals surface area contributed by atoms with Gasteiger partial charge in [-0.05, 0) is 30.7 Å². The molecule has 0 saturated heterocycles. The van der Waals surface area contributed by atoms with Crippen LogP contribution in [-0.2, 0) is 10.2 Å². The summed E-state index contributed by atoms with van der Waals surface area (Å²) >= 11 is 3.24. The van der Waals surface area contributed by atoms with Crippen LogP contribution in [0, 0.1) is 6.92 Å². The second kappa shape index (κ2) is 3.65. The lowest BCUT2D eigenvalue weighted by Gasteiger charge is -2.04. The number of halogens is 1. The zero-order chi connectivity index (χ0) is 10.1. The highest BCUT2D eigenvalue weighted by molar-refractivity contribution is 9.10. The summed E-state index contributed by atoms with van der Waals surface area (Å²) < 4.78 is 24.3. The van der Waals surface area contributed by atoms with Gasteiger partial charge in [0.15, 0.2) is 0 Å². The molecule has 1 rings (SSSR count). The number of hydrogen-bond acceptors (Lipinski definition) is 2. The number of nitrogens with one attached hydrogen (secondary N) is 1. The Balaban J connectivity index is 3.03. The van der Waals surface area contributed by atoms with Gasteiger partial charge in [-0.2, -0.15) is 8.42 Å². The van der Waals surface area contributed by atoms with Crippen molar-refractivity contribution in [2.75, 3.05) is 4.72 Å². The summed E-state index contributed by atoms with van der Waals surface area (Å²) in [5, 5.41) is 4.81. The molecule has 0 aliphatic rings. The molecule has 0 aromatic heterocycles. The number of anilines is 1. The monoisotopic (exact) mass is 264 g/mol. The molecule has 13 heavy (non-hydrogen) atoms. The van der Waals surface area contributed by atoms with E-state index in [2.05, 4.69) is 20.7 Å². The highest BCUT2D eigenvalue weighted by Gasteiger charge is 2.02. The van der Waals surface area contributed by atoms with E-state index in [0.717, 1.165) is 10.0 Å². The number of aryl methyl sites for hydroxylation is 1. The van der Waals surface area contributed by atoms with E-state index in [-0.39, 0.29) is 0 Å². The Morgan fingerprint density at radius 2 is 2.00 bits per heavy atom. The summed E-state index contributed by atoms with van der Waals surface area (Å²) in [7, 11) is -3.68. The van der Waals surface area contributed by atoms with Crippen molar-refractivity contribution in [1.29, 1.82) is 0 Å². The summed E-state index contributed by atoms with van der Waals surface area (Å²) in [6.07, 6.45) is 0. The number of rotatable bonds is 2. The van der Waals surface area contributed by atoms with Gasteiger partial charge in [-0.15, -0.1) is 0 Å². The van der Waals surface area contributed by atoms with E-state index < -0.39 is 10.2 Å². The van der Waals surface area contributed by atoms with Gasteiger partial charge in [0, 0.05) is 4.47 Å². The van der Waals surface area contributed by atoms with Crippen LogP contribution in [0.5, 0.6) is 0 Å². The summed E-state index contributed by atoms with van der Waals surface area (Å²) in [6.45, 7) is 1.86. The molecule has 0 atom stereocenters. The van der Waals surface area contributed by atoms with Gasteiger partial charge < -0.3 is 0 Å². The third-order valence-corrected chi connectivity index (χ3v) is 2.28. The molecule has 3 N–H and O–H groups in total. The van der Waals surface area contributed by atoms with Crippen LogP contribution in [0.4, 0.5) is 5.69 Å². The minimum absolute atomic E-state index is 0.453. The minimum atomic E-state index is -3.68. The van der Waals surface area contributed by atoms with Crippen molar-refractivity contribution in [3.05, 3.63) is 28.2 Å². The van der Waals surface area contributed by atoms with Gasteiger partial charge in [-0.1, -0.05) is 15.9 Å². The Morgan fingerprint density at radius 3 is 2.46 bits per heavy atom. The molecule has 0 bridgehead atoms. The summed E-state index contributed by atoms with van der Waals surface area (Å²) in [5.41, 5.74) is 1.40. The van der Waals surface area contributed by atoms with E-state index in [4.69, 9.17) is 5.14 Å². The highest BCUT2D eigenvalue weighted by atomic mass is 79.9. The topological polar surface area (TPSA) is 72.2 Å². The second-order valence-corrected chi connectivity index (χ2v) is 4.87. The lowest BCUT2D eigenvalue weighted by molar-refractivity contribution is 0.603. The first-order chi connectivity index (χ1) is 5.87. The molecule has 4 nitrogen and oxygen atoms in total. The van der Waals surface area contributed by atoms with Gasteiger partial charge in [-0.3, -0.25) is 4.72 Å². The van der Waals surface area contributed by atoms with Crippen LogP contribution in [0.3, 0.4) is 0 Å². The Morgan fingerprint density at radius 1 is 1.38 bits per heavy atom. The second-order valence-electron chi connectivity index (χ2n) is 2.66. The van der Waals surface area contributed by atoms with E-state index in [0.29, 0.717) is 5.69 Å². The van der Waals surface area contributed by atoms with Crippen LogP contribution in [-0.4, -0.2) is 8.42 Å². The first-order valence-electron chi connectivity index (χ1n) is 3.44. The lowest BCUT2D eigenvalue weighted by Crippen LogP contribution is -2.21. The Hall–Kier alpha value is -0.590. The Labute approximate surface area is 85.4 Å². The molecule has 1 aromatic carbocycles. The molecule has 0 fully saturated rings.